The van der Waals surface area contributed by atoms with Crippen LogP contribution in [0.1, 0.15) is 89.5 Å². The van der Waals surface area contributed by atoms with Crippen molar-refractivity contribution in [2.75, 3.05) is 7.11 Å². The first-order valence-electron chi connectivity index (χ1n) is 14.9. The molecule has 43 heavy (non-hydrogen) atoms. The lowest BCUT2D eigenvalue weighted by atomic mass is 9.83. The van der Waals surface area contributed by atoms with Crippen LogP contribution in [-0.2, 0) is 22.5 Å². The van der Waals surface area contributed by atoms with Gasteiger partial charge in [0.05, 0.1) is 12.3 Å². The van der Waals surface area contributed by atoms with E-state index in [9.17, 15) is 18.7 Å². The Morgan fingerprint density at radius 2 is 1.81 bits per heavy atom. The van der Waals surface area contributed by atoms with E-state index in [1.807, 2.05) is 42.5 Å². The zero-order chi connectivity index (χ0) is 32.1. The molecule has 0 aromatic heterocycles. The Balaban J connectivity index is 1.97. The molecular formula is C34H48FN2O5P. The minimum Gasteiger partial charge on any atom is -0.489 e. The van der Waals surface area contributed by atoms with E-state index >= 15 is 0 Å². The average Bonchev–Trinajstić information content (AvgIpc) is 3.75. The van der Waals surface area contributed by atoms with Gasteiger partial charge in [0.25, 0.3) is 0 Å². The predicted octanol–water partition coefficient (Wildman–Crippen LogP) is 8.22. The van der Waals surface area contributed by atoms with Crippen molar-refractivity contribution < 1.29 is 28.2 Å². The summed E-state index contributed by atoms with van der Waals surface area (Å²) in [4.78, 5) is 26.5. The van der Waals surface area contributed by atoms with Crippen molar-refractivity contribution in [3.05, 3.63) is 82.5 Å². The molecule has 1 unspecified atom stereocenters. The monoisotopic (exact) mass is 614 g/mol. The van der Waals surface area contributed by atoms with Crippen LogP contribution in [-0.4, -0.2) is 45.8 Å². The highest BCUT2D eigenvalue weighted by Gasteiger charge is 2.51. The number of aliphatic imine (C=N–C) groups is 1. The number of benzene rings is 2. The summed E-state index contributed by atoms with van der Waals surface area (Å²) >= 11 is 0. The fourth-order valence-corrected chi connectivity index (χ4v) is 6.50. The van der Waals surface area contributed by atoms with Gasteiger partial charge in [0.1, 0.15) is 18.2 Å². The Hall–Kier alpha value is -2.77. The summed E-state index contributed by atoms with van der Waals surface area (Å²) in [5.41, 5.74) is 3.85. The van der Waals surface area contributed by atoms with E-state index in [0.717, 1.165) is 35.1 Å². The highest BCUT2D eigenvalue weighted by atomic mass is 31.2. The molecule has 3 rings (SSSR count). The molecule has 236 valence electrons. The van der Waals surface area contributed by atoms with Gasteiger partial charge in [0.15, 0.2) is 0 Å². The molecule has 0 saturated heterocycles. The third-order valence-electron chi connectivity index (χ3n) is 8.37. The number of ether oxygens (including phenoxy) is 2. The molecule has 0 bridgehead atoms. The molecular weight excluding hydrogens is 566 g/mol. The number of halogens is 1. The van der Waals surface area contributed by atoms with Crippen LogP contribution in [0.15, 0.2) is 65.2 Å². The minimum absolute atomic E-state index is 0.223. The zero-order valence-corrected chi connectivity index (χ0v) is 27.7. The Labute approximate surface area is 256 Å². The SMILES string of the molecule is C=N/C(=C\C(=C(/C)F)c1ccc(COc2cccc(C(C3CC3)C(C)(C)P(=O)(O)O)c2)cc1CN(C(C)C)C(C)C)OC. The van der Waals surface area contributed by atoms with E-state index < -0.39 is 12.8 Å². The first-order valence-corrected chi connectivity index (χ1v) is 16.5. The highest BCUT2D eigenvalue weighted by molar-refractivity contribution is 7.53. The van der Waals surface area contributed by atoms with Gasteiger partial charge in [-0.3, -0.25) is 9.46 Å². The number of hydrogen-bond acceptors (Lipinski definition) is 5. The first-order chi connectivity index (χ1) is 20.1. The Morgan fingerprint density at radius 3 is 2.33 bits per heavy atom. The third-order valence-corrected chi connectivity index (χ3v) is 10.2. The van der Waals surface area contributed by atoms with Crippen molar-refractivity contribution in [3.8, 4) is 5.75 Å². The van der Waals surface area contributed by atoms with Crippen LogP contribution in [0.5, 0.6) is 5.75 Å². The molecule has 2 aromatic carbocycles. The molecule has 0 amide bonds. The quantitative estimate of drug-likeness (QED) is 0.0909. The van der Waals surface area contributed by atoms with E-state index in [4.69, 9.17) is 9.47 Å². The topological polar surface area (TPSA) is 91.6 Å². The van der Waals surface area contributed by atoms with E-state index in [-0.39, 0.29) is 42.2 Å². The van der Waals surface area contributed by atoms with Crippen LogP contribution >= 0.6 is 7.60 Å². The summed E-state index contributed by atoms with van der Waals surface area (Å²) in [5.74, 6) is 0.463. The van der Waals surface area contributed by atoms with Crippen LogP contribution in [0.2, 0.25) is 0 Å². The van der Waals surface area contributed by atoms with Gasteiger partial charge in [-0.2, -0.15) is 0 Å². The molecule has 2 aromatic rings. The maximum absolute atomic E-state index is 14.9. The van der Waals surface area contributed by atoms with Crippen LogP contribution < -0.4 is 4.74 Å². The number of nitrogens with zero attached hydrogens (tertiary/aromatic N) is 2. The van der Waals surface area contributed by atoms with Gasteiger partial charge < -0.3 is 19.3 Å². The molecule has 1 fully saturated rings. The third kappa shape index (κ3) is 8.66. The summed E-state index contributed by atoms with van der Waals surface area (Å²) in [6, 6.07) is 14.0. The van der Waals surface area contributed by atoms with Gasteiger partial charge in [0.2, 0.25) is 5.88 Å². The number of rotatable bonds is 15. The van der Waals surface area contributed by atoms with Crippen molar-refractivity contribution >= 4 is 19.9 Å². The predicted molar refractivity (Wildman–Crippen MR) is 173 cm³/mol. The van der Waals surface area contributed by atoms with Crippen LogP contribution in [0.4, 0.5) is 4.39 Å². The maximum atomic E-state index is 14.9. The zero-order valence-electron chi connectivity index (χ0n) is 26.8. The van der Waals surface area contributed by atoms with Crippen molar-refractivity contribution in [2.45, 2.75) is 97.6 Å². The largest absolute Gasteiger partial charge is 0.489 e. The minimum atomic E-state index is -4.34. The highest BCUT2D eigenvalue weighted by Crippen LogP contribution is 2.62. The summed E-state index contributed by atoms with van der Waals surface area (Å²) in [6.45, 7) is 17.7. The molecule has 1 aliphatic carbocycles. The van der Waals surface area contributed by atoms with Crippen LogP contribution in [0.25, 0.3) is 5.57 Å². The summed E-state index contributed by atoms with van der Waals surface area (Å²) < 4.78 is 38.8. The lowest BCUT2D eigenvalue weighted by Gasteiger charge is -2.35. The van der Waals surface area contributed by atoms with Crippen molar-refractivity contribution in [2.24, 2.45) is 10.9 Å². The van der Waals surface area contributed by atoms with Crippen LogP contribution in [0.3, 0.4) is 0 Å². The molecule has 0 heterocycles. The maximum Gasteiger partial charge on any atom is 0.331 e. The Morgan fingerprint density at radius 1 is 1.16 bits per heavy atom. The average molecular weight is 615 g/mol. The first kappa shape index (κ1) is 34.7. The lowest BCUT2D eigenvalue weighted by Crippen LogP contribution is -2.36. The molecule has 1 saturated carbocycles. The lowest BCUT2D eigenvalue weighted by molar-refractivity contribution is 0.165. The Bertz CT molecular complexity index is 1380. The second kappa shape index (κ2) is 14.3. The summed E-state index contributed by atoms with van der Waals surface area (Å²) in [7, 11) is -2.87. The van der Waals surface area contributed by atoms with Gasteiger partial charge in [-0.1, -0.05) is 30.3 Å². The summed E-state index contributed by atoms with van der Waals surface area (Å²) in [6.07, 6.45) is 3.47. The Kier molecular flexibility index (Phi) is 11.6. The van der Waals surface area contributed by atoms with E-state index in [1.165, 1.54) is 14.0 Å². The molecule has 1 aliphatic rings. The van der Waals surface area contributed by atoms with E-state index in [2.05, 4.69) is 44.3 Å². The molecule has 7 nitrogen and oxygen atoms in total. The standard InChI is InChI=1S/C34H48FN2O5P/c1-22(2)37(23(3)4)20-28-17-25(13-16-30(28)31(24(5)35)19-32(36-8)41-9)21-42-29-12-10-11-27(18-29)33(26-14-15-26)34(6,7)43(38,39)40/h10-13,16-19,22-23,26,33H,8,14-15,20-21H2,1-7,9H3,(H2,38,39,40)/b31-24-,32-19+. The number of methoxy groups -OCH3 is 1. The summed E-state index contributed by atoms with van der Waals surface area (Å²) in [5, 5.41) is -1.19. The van der Waals surface area contributed by atoms with Gasteiger partial charge >= 0.3 is 7.60 Å². The molecule has 1 atom stereocenters. The molecule has 9 heteroatoms. The van der Waals surface area contributed by atoms with E-state index in [0.29, 0.717) is 17.9 Å². The number of hydrogen-bond donors (Lipinski definition) is 2. The molecule has 2 N–H and O–H groups in total. The van der Waals surface area contributed by atoms with Gasteiger partial charge in [-0.15, -0.1) is 0 Å². The van der Waals surface area contributed by atoms with Gasteiger partial charge in [0, 0.05) is 36.2 Å². The molecule has 0 radical (unpaired) electrons. The second-order valence-corrected chi connectivity index (χ2v) is 14.8. The van der Waals surface area contributed by atoms with E-state index in [1.54, 1.807) is 19.9 Å². The second-order valence-electron chi connectivity index (χ2n) is 12.5. The van der Waals surface area contributed by atoms with Crippen LogP contribution in [0, 0.1) is 5.92 Å². The van der Waals surface area contributed by atoms with Crippen molar-refractivity contribution in [1.29, 1.82) is 0 Å². The van der Waals surface area contributed by atoms with Crippen molar-refractivity contribution in [1.82, 2.24) is 4.90 Å². The molecule has 0 aliphatic heterocycles. The normalized spacial score (nSPS) is 16.0. The number of allylic oxidation sites excluding steroid dienone is 3. The van der Waals surface area contributed by atoms with Gasteiger partial charge in [-0.25, -0.2) is 9.38 Å². The fourth-order valence-electron chi connectivity index (χ4n) is 5.78. The smallest absolute Gasteiger partial charge is 0.331 e. The van der Waals surface area contributed by atoms with Crippen molar-refractivity contribution in [3.63, 3.8) is 0 Å². The fraction of sp³-hybridized carbons (Fsp3) is 0.500. The van der Waals surface area contributed by atoms with Gasteiger partial charge in [-0.05, 0) is 108 Å². The molecule has 0 spiro atoms.